The second kappa shape index (κ2) is 11.1. The number of aliphatic hydroxyl groups is 2. The first kappa shape index (κ1) is 21.7. The van der Waals surface area contributed by atoms with Crippen molar-refractivity contribution in [1.82, 2.24) is 0 Å². The third kappa shape index (κ3) is 23.9. The van der Waals surface area contributed by atoms with Gasteiger partial charge in [-0.1, -0.05) is 0 Å². The Bertz CT molecular complexity index is 280. The molecule has 0 heterocycles. The summed E-state index contributed by atoms with van der Waals surface area (Å²) in [5, 5.41) is 17.3. The largest absolute Gasteiger partial charge is 0.478 e. The van der Waals surface area contributed by atoms with Gasteiger partial charge in [0.15, 0.2) is 0 Å². The number of alkyl halides is 1. The third-order valence-electron chi connectivity index (χ3n) is 1.20. The van der Waals surface area contributed by atoms with E-state index in [9.17, 15) is 9.13 Å². The van der Waals surface area contributed by atoms with Gasteiger partial charge in [0, 0.05) is 5.88 Å². The zero-order chi connectivity index (χ0) is 15.5. The van der Waals surface area contributed by atoms with E-state index >= 15 is 0 Å². The first-order valence-corrected chi connectivity index (χ1v) is 8.36. The summed E-state index contributed by atoms with van der Waals surface area (Å²) >= 11 is 5.34. The van der Waals surface area contributed by atoms with Gasteiger partial charge in [0.1, 0.15) is 0 Å². The Morgan fingerprint density at radius 1 is 1.11 bits per heavy atom. The zero-order valence-electron chi connectivity index (χ0n) is 9.70. The first-order chi connectivity index (χ1) is 8.52. The van der Waals surface area contributed by atoms with Crippen molar-refractivity contribution in [2.75, 3.05) is 25.7 Å². The first-order valence-electron chi connectivity index (χ1n) is 4.77. The molecule has 0 aromatic carbocycles. The van der Waals surface area contributed by atoms with Crippen molar-refractivity contribution >= 4 is 27.2 Å². The molecule has 0 amide bonds. The predicted octanol–water partition coefficient (Wildman–Crippen LogP) is -0.827. The molecule has 13 heteroatoms. The number of aliphatic hydroxyl groups excluding tert-OH is 2. The van der Waals surface area contributed by atoms with Crippen LogP contribution in [0.15, 0.2) is 0 Å². The fourth-order valence-electron chi connectivity index (χ4n) is 0.632. The van der Waals surface area contributed by atoms with E-state index in [0.717, 1.165) is 0 Å². The lowest BCUT2D eigenvalue weighted by Crippen LogP contribution is -2.16. The Morgan fingerprint density at radius 2 is 1.58 bits per heavy atom. The summed E-state index contributed by atoms with van der Waals surface area (Å²) < 4.78 is 27.1. The summed E-state index contributed by atoms with van der Waals surface area (Å²) in [6.07, 6.45) is 0.0385. The fraction of sp³-hybridized carbons (Fsp3) is 1.00. The highest BCUT2D eigenvalue weighted by Crippen LogP contribution is 2.53. The van der Waals surface area contributed by atoms with Gasteiger partial charge in [-0.3, -0.25) is 0 Å². The van der Waals surface area contributed by atoms with Gasteiger partial charge < -0.3 is 34.5 Å². The Labute approximate surface area is 114 Å². The van der Waals surface area contributed by atoms with Gasteiger partial charge in [0.2, 0.25) is 0 Å². The monoisotopic (exact) mass is 346 g/mol. The molecule has 118 valence electrons. The minimum Gasteiger partial charge on any atom is -0.394 e. The molecule has 10 nitrogen and oxygen atoms in total. The Morgan fingerprint density at radius 3 is 1.84 bits per heavy atom. The Kier molecular flexibility index (Phi) is 12.7. The quantitative estimate of drug-likeness (QED) is 0.185. The Balaban J connectivity index is 0. The van der Waals surface area contributed by atoms with Gasteiger partial charge in [-0.05, 0) is 6.42 Å². The van der Waals surface area contributed by atoms with E-state index < -0.39 is 21.7 Å². The molecule has 0 aromatic heterocycles. The van der Waals surface area contributed by atoms with Crippen LogP contribution in [0.2, 0.25) is 0 Å². The zero-order valence-corrected chi connectivity index (χ0v) is 12.2. The van der Waals surface area contributed by atoms with Gasteiger partial charge in [0.05, 0.1) is 25.9 Å². The maximum absolute atomic E-state index is 9.63. The lowest BCUT2D eigenvalue weighted by molar-refractivity contribution is 0.0204. The average molecular weight is 347 g/mol. The summed E-state index contributed by atoms with van der Waals surface area (Å²) in [4.78, 5) is 31.0. The Hall–Kier alpha value is 0.430. The summed E-state index contributed by atoms with van der Waals surface area (Å²) in [5.74, 6) is 0.434. The maximum Gasteiger partial charge on any atom is 0.478 e. The van der Waals surface area contributed by atoms with Crippen LogP contribution in [0.1, 0.15) is 6.42 Å². The van der Waals surface area contributed by atoms with Crippen molar-refractivity contribution in [2.24, 2.45) is 0 Å². The van der Waals surface area contributed by atoms with Crippen LogP contribution in [0.4, 0.5) is 0 Å². The SMILES string of the molecule is O=P(O)(O)OP(=O)(O)O.OCCOCC(O)CCCl. The molecule has 0 spiro atoms. The van der Waals surface area contributed by atoms with Gasteiger partial charge in [-0.2, -0.15) is 4.31 Å². The van der Waals surface area contributed by atoms with Crippen LogP contribution < -0.4 is 0 Å². The van der Waals surface area contributed by atoms with E-state index in [1.54, 1.807) is 0 Å². The van der Waals surface area contributed by atoms with Gasteiger partial charge in [0.25, 0.3) is 0 Å². The van der Waals surface area contributed by atoms with E-state index in [0.29, 0.717) is 12.3 Å². The van der Waals surface area contributed by atoms with Gasteiger partial charge >= 0.3 is 15.6 Å². The number of hydrogen-bond acceptors (Lipinski definition) is 6. The maximum atomic E-state index is 9.63. The van der Waals surface area contributed by atoms with E-state index in [1.807, 2.05) is 0 Å². The molecule has 0 aliphatic rings. The molecule has 1 unspecified atom stereocenters. The molecule has 0 aromatic rings. The van der Waals surface area contributed by atoms with Crippen molar-refractivity contribution in [2.45, 2.75) is 12.5 Å². The molecular weight excluding hydrogens is 329 g/mol. The molecule has 0 radical (unpaired) electrons. The van der Waals surface area contributed by atoms with Crippen LogP contribution in [-0.4, -0.2) is 61.6 Å². The minimum atomic E-state index is -5.05. The van der Waals surface area contributed by atoms with Crippen molar-refractivity contribution < 1.29 is 48.0 Å². The average Bonchev–Trinajstić information content (AvgIpc) is 2.13. The summed E-state index contributed by atoms with van der Waals surface area (Å²) in [6.45, 7) is 0.528. The van der Waals surface area contributed by atoms with Gasteiger partial charge in [-0.25, -0.2) is 9.13 Å². The predicted molar refractivity (Wildman–Crippen MR) is 64.4 cm³/mol. The standard InChI is InChI=1S/C6H13ClO3.H4O7P2/c7-2-1-6(9)5-10-4-3-8;1-8(2,3)7-9(4,5)6/h6,8-9H,1-5H2;(H2,1,2,3)(H2,4,5,6). The molecule has 1 atom stereocenters. The van der Waals surface area contributed by atoms with Crippen molar-refractivity contribution in [3.05, 3.63) is 0 Å². The number of rotatable bonds is 8. The van der Waals surface area contributed by atoms with E-state index in [4.69, 9.17) is 46.1 Å². The lowest BCUT2D eigenvalue weighted by atomic mass is 10.3. The number of phosphoric acid groups is 2. The molecule has 0 rings (SSSR count). The van der Waals surface area contributed by atoms with Crippen LogP contribution in [0.3, 0.4) is 0 Å². The molecule has 0 saturated heterocycles. The van der Waals surface area contributed by atoms with Crippen molar-refractivity contribution in [3.8, 4) is 0 Å². The summed E-state index contributed by atoms with van der Waals surface area (Å²) in [6, 6.07) is 0. The molecule has 19 heavy (non-hydrogen) atoms. The summed E-state index contributed by atoms with van der Waals surface area (Å²) in [5.41, 5.74) is 0. The van der Waals surface area contributed by atoms with Crippen LogP contribution in [0.25, 0.3) is 0 Å². The molecule has 6 N–H and O–H groups in total. The number of ether oxygens (including phenoxy) is 1. The van der Waals surface area contributed by atoms with Gasteiger partial charge in [-0.15, -0.1) is 11.6 Å². The highest BCUT2D eigenvalue weighted by molar-refractivity contribution is 7.60. The minimum absolute atomic E-state index is 0.00635. The molecule has 0 aliphatic carbocycles. The molecule has 0 bridgehead atoms. The normalized spacial score (nSPS) is 13.6. The topological polar surface area (TPSA) is 174 Å². The molecular formula is C6H17ClO10P2. The van der Waals surface area contributed by atoms with Crippen molar-refractivity contribution in [1.29, 1.82) is 0 Å². The fourth-order valence-corrected chi connectivity index (χ4v) is 1.99. The summed E-state index contributed by atoms with van der Waals surface area (Å²) in [7, 11) is -10.1. The van der Waals surface area contributed by atoms with Crippen molar-refractivity contribution in [3.63, 3.8) is 0 Å². The lowest BCUT2D eigenvalue weighted by Gasteiger charge is -2.07. The second-order valence-electron chi connectivity index (χ2n) is 2.99. The van der Waals surface area contributed by atoms with Crippen LogP contribution >= 0.6 is 27.2 Å². The van der Waals surface area contributed by atoms with E-state index in [2.05, 4.69) is 4.31 Å². The van der Waals surface area contributed by atoms with E-state index in [1.165, 1.54) is 0 Å². The third-order valence-corrected chi connectivity index (χ3v) is 3.12. The van der Waals surface area contributed by atoms with Crippen LogP contribution in [0.5, 0.6) is 0 Å². The second-order valence-corrected chi connectivity index (χ2v) is 5.99. The molecule has 0 fully saturated rings. The highest BCUT2D eigenvalue weighted by Gasteiger charge is 2.27. The van der Waals surface area contributed by atoms with E-state index in [-0.39, 0.29) is 19.8 Å². The number of hydrogen-bond donors (Lipinski definition) is 6. The van der Waals surface area contributed by atoms with Crippen LogP contribution in [0, 0.1) is 0 Å². The highest BCUT2D eigenvalue weighted by atomic mass is 35.5. The molecule has 0 saturated carbocycles. The molecule has 0 aliphatic heterocycles. The number of halogens is 1. The van der Waals surface area contributed by atoms with Crippen LogP contribution in [-0.2, 0) is 18.2 Å². The smallest absolute Gasteiger partial charge is 0.394 e.